The Morgan fingerprint density at radius 2 is 0.505 bits per heavy atom. The van der Waals surface area contributed by atoms with Crippen molar-refractivity contribution in [3.05, 3.63) is 0 Å². The highest BCUT2D eigenvalue weighted by Gasteiger charge is 2.30. The zero-order valence-electron chi connectivity index (χ0n) is 62.3. The molecule has 0 saturated heterocycles. The monoisotopic (exact) mass is 1400 g/mol. The van der Waals surface area contributed by atoms with Crippen LogP contribution in [-0.2, 0) is 65.4 Å². The van der Waals surface area contributed by atoms with Gasteiger partial charge in [0.2, 0.25) is 0 Å². The summed E-state index contributed by atoms with van der Waals surface area (Å²) in [5, 5.41) is 10.6. The lowest BCUT2D eigenvalue weighted by atomic mass is 9.99. The zero-order valence-corrected chi connectivity index (χ0v) is 64.1. The molecule has 3 N–H and O–H groups in total. The van der Waals surface area contributed by atoms with Crippen LogP contribution in [-0.4, -0.2) is 96.7 Å². The Balaban J connectivity index is 5.21. The topological polar surface area (TPSA) is 237 Å². The van der Waals surface area contributed by atoms with E-state index in [9.17, 15) is 43.2 Å². The van der Waals surface area contributed by atoms with E-state index >= 15 is 0 Å². The van der Waals surface area contributed by atoms with E-state index in [2.05, 4.69) is 55.4 Å². The van der Waals surface area contributed by atoms with Gasteiger partial charge in [-0.3, -0.25) is 37.3 Å². The molecule has 4 unspecified atom stereocenters. The van der Waals surface area contributed by atoms with Crippen LogP contribution in [0.4, 0.5) is 0 Å². The van der Waals surface area contributed by atoms with Crippen molar-refractivity contribution >= 4 is 39.5 Å². The number of carbonyl (C=O) groups excluding carboxylic acids is 4. The van der Waals surface area contributed by atoms with Gasteiger partial charge in [-0.05, 0) is 49.4 Å². The number of phosphoric ester groups is 2. The Morgan fingerprint density at radius 3 is 0.747 bits per heavy atom. The molecule has 0 amide bonds. The molecule has 564 valence electrons. The third-order valence-corrected chi connectivity index (χ3v) is 19.8. The van der Waals surface area contributed by atoms with E-state index in [0.717, 1.165) is 114 Å². The molecule has 6 atom stereocenters. The Labute approximate surface area is 581 Å². The van der Waals surface area contributed by atoms with Crippen LogP contribution in [0.5, 0.6) is 0 Å². The first kappa shape index (κ1) is 93.1. The van der Waals surface area contributed by atoms with E-state index in [4.69, 9.17) is 37.0 Å². The lowest BCUT2D eigenvalue weighted by molar-refractivity contribution is -0.161. The summed E-state index contributed by atoms with van der Waals surface area (Å²) in [6.07, 6.45) is 50.1. The maximum absolute atomic E-state index is 13.1. The van der Waals surface area contributed by atoms with Gasteiger partial charge in [0.1, 0.15) is 19.3 Å². The number of hydrogen-bond donors (Lipinski definition) is 3. The lowest BCUT2D eigenvalue weighted by Crippen LogP contribution is -2.30. The van der Waals surface area contributed by atoms with Gasteiger partial charge in [0.15, 0.2) is 12.2 Å². The first-order chi connectivity index (χ1) is 45.6. The molecular weight excluding hydrogens is 1250 g/mol. The lowest BCUT2D eigenvalue weighted by Gasteiger charge is -2.21. The fraction of sp³-hybridized carbons (Fsp3) is 0.947. The van der Waals surface area contributed by atoms with E-state index in [1.165, 1.54) is 180 Å². The average Bonchev–Trinajstić information content (AvgIpc) is 1.40. The minimum Gasteiger partial charge on any atom is -0.462 e. The minimum absolute atomic E-state index is 0.105. The third kappa shape index (κ3) is 69.0. The number of esters is 4. The predicted molar refractivity (Wildman–Crippen MR) is 386 cm³/mol. The van der Waals surface area contributed by atoms with Crippen LogP contribution in [0.2, 0.25) is 0 Å². The highest BCUT2D eigenvalue weighted by Crippen LogP contribution is 2.45. The number of unbranched alkanes of at least 4 members (excludes halogenated alkanes) is 38. The van der Waals surface area contributed by atoms with E-state index in [1.54, 1.807) is 0 Å². The van der Waals surface area contributed by atoms with Gasteiger partial charge in [-0.15, -0.1) is 0 Å². The van der Waals surface area contributed by atoms with Crippen molar-refractivity contribution in [2.75, 3.05) is 39.6 Å². The van der Waals surface area contributed by atoms with Gasteiger partial charge >= 0.3 is 39.5 Å². The molecule has 0 aromatic rings. The van der Waals surface area contributed by atoms with E-state index in [-0.39, 0.29) is 25.7 Å². The molecule has 0 fully saturated rings. The second kappa shape index (κ2) is 65.4. The Hall–Kier alpha value is -1.94. The normalized spacial score (nSPS) is 14.4. The van der Waals surface area contributed by atoms with Crippen molar-refractivity contribution in [3.63, 3.8) is 0 Å². The molecule has 0 rings (SSSR count). The smallest absolute Gasteiger partial charge is 0.462 e. The molecule has 0 aliphatic rings. The van der Waals surface area contributed by atoms with Crippen molar-refractivity contribution in [1.82, 2.24) is 0 Å². The summed E-state index contributed by atoms with van der Waals surface area (Å²) < 4.78 is 68.5. The van der Waals surface area contributed by atoms with Crippen LogP contribution >= 0.6 is 15.6 Å². The zero-order chi connectivity index (χ0) is 70.3. The number of rotatable bonds is 73. The van der Waals surface area contributed by atoms with Crippen LogP contribution < -0.4 is 0 Å². The van der Waals surface area contributed by atoms with Gasteiger partial charge in [0.05, 0.1) is 26.4 Å². The van der Waals surface area contributed by atoms with Crippen molar-refractivity contribution < 1.29 is 80.2 Å². The second-order valence-electron chi connectivity index (χ2n) is 29.1. The summed E-state index contributed by atoms with van der Waals surface area (Å²) in [5.74, 6) is 0.927. The van der Waals surface area contributed by atoms with Crippen LogP contribution in [0.1, 0.15) is 383 Å². The molecular formula is C76H148O17P2. The molecule has 0 radical (unpaired) electrons. The molecule has 0 aromatic carbocycles. The van der Waals surface area contributed by atoms with Gasteiger partial charge in [-0.2, -0.15) is 0 Å². The summed E-state index contributed by atoms with van der Waals surface area (Å²) in [6.45, 7) is 14.2. The van der Waals surface area contributed by atoms with Crippen LogP contribution in [0, 0.1) is 23.7 Å². The van der Waals surface area contributed by atoms with Crippen molar-refractivity contribution in [1.29, 1.82) is 0 Å². The van der Waals surface area contributed by atoms with E-state index in [1.807, 2.05) is 0 Å². The highest BCUT2D eigenvalue weighted by atomic mass is 31.2. The molecule has 0 bridgehead atoms. The number of phosphoric acid groups is 2. The first-order valence-corrected chi connectivity index (χ1v) is 42.2. The second-order valence-corrected chi connectivity index (χ2v) is 32.0. The number of hydrogen-bond acceptors (Lipinski definition) is 15. The molecule has 95 heavy (non-hydrogen) atoms. The summed E-state index contributed by atoms with van der Waals surface area (Å²) >= 11 is 0. The van der Waals surface area contributed by atoms with Crippen molar-refractivity contribution in [2.45, 2.75) is 401 Å². The van der Waals surface area contributed by atoms with Crippen molar-refractivity contribution in [3.8, 4) is 0 Å². The van der Waals surface area contributed by atoms with Gasteiger partial charge in [-0.1, -0.05) is 331 Å². The van der Waals surface area contributed by atoms with E-state index < -0.39 is 97.5 Å². The van der Waals surface area contributed by atoms with Gasteiger partial charge in [0.25, 0.3) is 0 Å². The summed E-state index contributed by atoms with van der Waals surface area (Å²) in [6, 6.07) is 0. The van der Waals surface area contributed by atoms with Gasteiger partial charge < -0.3 is 33.8 Å². The largest absolute Gasteiger partial charge is 0.472 e. The van der Waals surface area contributed by atoms with E-state index in [0.29, 0.717) is 31.6 Å². The molecule has 17 nitrogen and oxygen atoms in total. The molecule has 0 saturated carbocycles. The Morgan fingerprint density at radius 1 is 0.295 bits per heavy atom. The SMILES string of the molecule is CCC(C)CCCCCCCCCCCCC(=O)OC[C@H](COP(=O)(O)OCC(O)COP(=O)(O)OC[C@@H](COC(=O)CCCCCCCCC(C)C)OC(=O)CCCCCCCCCCCCCCCCCCC(C)C)OC(=O)CCCCCCCCCCCCC(C)C. The Kier molecular flexibility index (Phi) is 64.0. The Bertz CT molecular complexity index is 1870. The minimum atomic E-state index is -4.96. The quantitative estimate of drug-likeness (QED) is 0.0222. The number of ether oxygens (including phenoxy) is 4. The molecule has 0 aromatic heterocycles. The number of aliphatic hydroxyl groups is 1. The fourth-order valence-electron chi connectivity index (χ4n) is 11.5. The van der Waals surface area contributed by atoms with Crippen LogP contribution in [0.25, 0.3) is 0 Å². The summed E-state index contributed by atoms with van der Waals surface area (Å²) in [4.78, 5) is 72.8. The molecule has 19 heteroatoms. The standard InChI is InChI=1S/C76H148O17P2/c1-9-69(8)55-47-39-30-24-19-21-25-31-40-48-56-73(78)86-62-71(92-76(81)59-51-43-33-27-20-18-23-29-37-45-53-67(4)5)64-90-94(82,83)88-60-70(77)61-89-95(84,85)91-65-72(63-87-74(79)57-49-41-35-34-38-46-54-68(6)7)93-75(80)58-50-42-32-26-17-15-13-11-10-12-14-16-22-28-36-44-52-66(2)3/h66-72,77H,9-65H2,1-8H3,(H,82,83)(H,84,85)/t69?,70?,71-,72-/m1/s1. The predicted octanol–water partition coefficient (Wildman–Crippen LogP) is 22.0. The van der Waals surface area contributed by atoms with Gasteiger partial charge in [0, 0.05) is 25.7 Å². The maximum Gasteiger partial charge on any atom is 0.472 e. The highest BCUT2D eigenvalue weighted by molar-refractivity contribution is 7.47. The van der Waals surface area contributed by atoms with Crippen molar-refractivity contribution in [2.24, 2.45) is 23.7 Å². The van der Waals surface area contributed by atoms with Crippen LogP contribution in [0.15, 0.2) is 0 Å². The van der Waals surface area contributed by atoms with Gasteiger partial charge in [-0.25, -0.2) is 9.13 Å². The van der Waals surface area contributed by atoms with Crippen LogP contribution in [0.3, 0.4) is 0 Å². The maximum atomic E-state index is 13.1. The summed E-state index contributed by atoms with van der Waals surface area (Å²) in [7, 11) is -9.91. The summed E-state index contributed by atoms with van der Waals surface area (Å²) in [5.41, 5.74) is 0. The molecule has 0 spiro atoms. The first-order valence-electron chi connectivity index (χ1n) is 39.2. The molecule has 0 aliphatic carbocycles. The fourth-order valence-corrected chi connectivity index (χ4v) is 13.1. The third-order valence-electron chi connectivity index (χ3n) is 17.9. The number of aliphatic hydroxyl groups excluding tert-OH is 1. The average molecular weight is 1400 g/mol. The molecule has 0 aliphatic heterocycles. The number of carbonyl (C=O) groups is 4. The molecule has 0 heterocycles.